The van der Waals surface area contributed by atoms with Crippen LogP contribution in [0.5, 0.6) is 5.75 Å². The highest BCUT2D eigenvalue weighted by Crippen LogP contribution is 2.29. The third-order valence-corrected chi connectivity index (χ3v) is 2.24. The molecule has 0 amide bonds. The molecule has 5 heteroatoms. The first kappa shape index (κ1) is 9.02. The number of rotatable bonds is 1. The van der Waals surface area contributed by atoms with Crippen molar-refractivity contribution in [2.75, 3.05) is 12.8 Å². The van der Waals surface area contributed by atoms with E-state index in [-0.39, 0.29) is 0 Å². The lowest BCUT2D eigenvalue weighted by Gasteiger charge is -2.06. The van der Waals surface area contributed by atoms with Crippen LogP contribution in [-0.2, 0) is 0 Å². The summed E-state index contributed by atoms with van der Waals surface area (Å²) in [5.74, 6) is 0.578. The molecule has 0 saturated carbocycles. The van der Waals surface area contributed by atoms with Crippen LogP contribution in [0.15, 0.2) is 18.5 Å². The summed E-state index contributed by atoms with van der Waals surface area (Å²) in [7, 11) is 1.55. The number of halogens is 1. The minimum Gasteiger partial charge on any atom is -0.495 e. The third-order valence-electron chi connectivity index (χ3n) is 1.94. The van der Waals surface area contributed by atoms with Gasteiger partial charge in [0.15, 0.2) is 0 Å². The van der Waals surface area contributed by atoms with E-state index >= 15 is 0 Å². The van der Waals surface area contributed by atoms with Crippen molar-refractivity contribution < 1.29 is 4.74 Å². The van der Waals surface area contributed by atoms with Crippen molar-refractivity contribution in [2.24, 2.45) is 0 Å². The molecule has 0 atom stereocenters. The van der Waals surface area contributed by atoms with Crippen LogP contribution in [0, 0.1) is 0 Å². The number of methoxy groups -OCH3 is 1. The minimum atomic E-state index is 0.397. The van der Waals surface area contributed by atoms with Gasteiger partial charge < -0.3 is 10.5 Å². The Kier molecular flexibility index (Phi) is 2.13. The molecule has 1 aromatic carbocycles. The van der Waals surface area contributed by atoms with E-state index in [1.807, 2.05) is 0 Å². The number of fused-ring (bicyclic) bond motifs is 1. The summed E-state index contributed by atoms with van der Waals surface area (Å²) in [5, 5.41) is 1.13. The van der Waals surface area contributed by atoms with Crippen molar-refractivity contribution in [1.82, 2.24) is 9.97 Å². The van der Waals surface area contributed by atoms with E-state index < -0.39 is 0 Å². The lowest BCUT2D eigenvalue weighted by Crippen LogP contribution is -1.93. The fourth-order valence-electron chi connectivity index (χ4n) is 1.24. The van der Waals surface area contributed by atoms with Crippen LogP contribution in [0.1, 0.15) is 0 Å². The zero-order valence-corrected chi connectivity index (χ0v) is 8.25. The van der Waals surface area contributed by atoms with E-state index in [0.717, 1.165) is 5.39 Å². The third kappa shape index (κ3) is 1.33. The Morgan fingerprint density at radius 1 is 1.36 bits per heavy atom. The van der Waals surface area contributed by atoms with E-state index in [9.17, 15) is 0 Å². The fourth-order valence-corrected chi connectivity index (χ4v) is 1.44. The van der Waals surface area contributed by atoms with Crippen molar-refractivity contribution in [2.45, 2.75) is 0 Å². The largest absolute Gasteiger partial charge is 0.495 e. The van der Waals surface area contributed by atoms with Gasteiger partial charge in [-0.3, -0.25) is 0 Å². The predicted octanol–water partition coefficient (Wildman–Crippen LogP) is 1.87. The van der Waals surface area contributed by atoms with Crippen LogP contribution in [0.4, 0.5) is 5.69 Å². The van der Waals surface area contributed by atoms with Crippen molar-refractivity contribution in [3.05, 3.63) is 23.6 Å². The maximum atomic E-state index is 5.89. The van der Waals surface area contributed by atoms with Crippen LogP contribution in [-0.4, -0.2) is 17.1 Å². The van der Waals surface area contributed by atoms with Crippen LogP contribution in [0.2, 0.25) is 5.15 Å². The normalized spacial score (nSPS) is 10.4. The Bertz CT molecular complexity index is 487. The van der Waals surface area contributed by atoms with Crippen molar-refractivity contribution >= 4 is 28.2 Å². The van der Waals surface area contributed by atoms with Crippen LogP contribution in [0.3, 0.4) is 0 Å². The molecule has 1 heterocycles. The number of ether oxygens (including phenoxy) is 1. The number of hydrogen-bond donors (Lipinski definition) is 1. The van der Waals surface area contributed by atoms with E-state index in [2.05, 4.69) is 9.97 Å². The molecule has 0 aliphatic rings. The molecule has 2 rings (SSSR count). The number of nitrogens with two attached hydrogens (primary N) is 1. The SMILES string of the molecule is COc1cc2c(Cl)ncnc2cc1N. The smallest absolute Gasteiger partial charge is 0.142 e. The Hall–Kier alpha value is -1.55. The summed E-state index contributed by atoms with van der Waals surface area (Å²) in [5.41, 5.74) is 6.97. The molecule has 0 aliphatic carbocycles. The topological polar surface area (TPSA) is 61.0 Å². The summed E-state index contributed by atoms with van der Waals surface area (Å²) >= 11 is 5.89. The Morgan fingerprint density at radius 3 is 2.86 bits per heavy atom. The van der Waals surface area contributed by atoms with E-state index in [1.54, 1.807) is 19.2 Å². The highest BCUT2D eigenvalue weighted by molar-refractivity contribution is 6.34. The fraction of sp³-hybridized carbons (Fsp3) is 0.111. The van der Waals surface area contributed by atoms with Gasteiger partial charge in [-0.2, -0.15) is 0 Å². The standard InChI is InChI=1S/C9H8ClN3O/c1-14-8-2-5-7(3-6(8)11)12-4-13-9(5)10/h2-4H,11H2,1H3. The van der Waals surface area contributed by atoms with Gasteiger partial charge in [-0.15, -0.1) is 0 Å². The molecule has 4 nitrogen and oxygen atoms in total. The average Bonchev–Trinajstić information content (AvgIpc) is 2.17. The first-order chi connectivity index (χ1) is 6.72. The lowest BCUT2D eigenvalue weighted by molar-refractivity contribution is 0.417. The van der Waals surface area contributed by atoms with Gasteiger partial charge in [0.05, 0.1) is 18.3 Å². The van der Waals surface area contributed by atoms with Crippen molar-refractivity contribution in [3.8, 4) is 5.75 Å². The Morgan fingerprint density at radius 2 is 2.14 bits per heavy atom. The highest BCUT2D eigenvalue weighted by atomic mass is 35.5. The molecular formula is C9H8ClN3O. The number of aromatic nitrogens is 2. The maximum Gasteiger partial charge on any atom is 0.142 e. The van der Waals surface area contributed by atoms with Crippen molar-refractivity contribution in [3.63, 3.8) is 0 Å². The van der Waals surface area contributed by atoms with Gasteiger partial charge in [0.2, 0.25) is 0 Å². The summed E-state index contributed by atoms with van der Waals surface area (Å²) < 4.78 is 5.07. The first-order valence-electron chi connectivity index (χ1n) is 3.96. The molecule has 2 aromatic rings. The molecular weight excluding hydrogens is 202 g/mol. The maximum absolute atomic E-state index is 5.89. The zero-order chi connectivity index (χ0) is 10.1. The number of nitrogen functional groups attached to an aromatic ring is 1. The second kappa shape index (κ2) is 3.31. The molecule has 0 bridgehead atoms. The molecule has 14 heavy (non-hydrogen) atoms. The molecule has 0 radical (unpaired) electrons. The summed E-state index contributed by atoms with van der Waals surface area (Å²) in [4.78, 5) is 7.92. The minimum absolute atomic E-state index is 0.397. The van der Waals surface area contributed by atoms with Gasteiger partial charge in [-0.1, -0.05) is 11.6 Å². The molecule has 0 saturated heterocycles. The van der Waals surface area contributed by atoms with Gasteiger partial charge in [0.1, 0.15) is 17.2 Å². The Labute approximate surface area is 85.7 Å². The quantitative estimate of drug-likeness (QED) is 0.576. The average molecular weight is 210 g/mol. The predicted molar refractivity (Wildman–Crippen MR) is 55.5 cm³/mol. The number of hydrogen-bond acceptors (Lipinski definition) is 4. The van der Waals surface area contributed by atoms with E-state index in [1.165, 1.54) is 6.33 Å². The molecule has 72 valence electrons. The molecule has 0 aliphatic heterocycles. The summed E-state index contributed by atoms with van der Waals surface area (Å²) in [6.45, 7) is 0. The van der Waals surface area contributed by atoms with Gasteiger partial charge in [-0.05, 0) is 12.1 Å². The van der Waals surface area contributed by atoms with Gasteiger partial charge in [-0.25, -0.2) is 9.97 Å². The molecule has 2 N–H and O–H groups in total. The highest BCUT2D eigenvalue weighted by Gasteiger charge is 2.06. The molecule has 0 spiro atoms. The second-order valence-electron chi connectivity index (χ2n) is 2.78. The summed E-state index contributed by atoms with van der Waals surface area (Å²) in [6, 6.07) is 3.44. The van der Waals surface area contributed by atoms with Gasteiger partial charge in [0.25, 0.3) is 0 Å². The monoisotopic (exact) mass is 209 g/mol. The van der Waals surface area contributed by atoms with Crippen LogP contribution >= 0.6 is 11.6 Å². The second-order valence-corrected chi connectivity index (χ2v) is 3.13. The summed E-state index contributed by atoms with van der Waals surface area (Å²) in [6.07, 6.45) is 1.40. The lowest BCUT2D eigenvalue weighted by atomic mass is 10.2. The van der Waals surface area contributed by atoms with Crippen LogP contribution < -0.4 is 10.5 Å². The van der Waals surface area contributed by atoms with Crippen molar-refractivity contribution in [1.29, 1.82) is 0 Å². The van der Waals surface area contributed by atoms with E-state index in [0.29, 0.717) is 22.1 Å². The molecule has 0 unspecified atom stereocenters. The Balaban J connectivity index is 2.80. The molecule has 1 aromatic heterocycles. The van der Waals surface area contributed by atoms with E-state index in [4.69, 9.17) is 22.1 Å². The van der Waals surface area contributed by atoms with Crippen LogP contribution in [0.25, 0.3) is 10.9 Å². The number of benzene rings is 1. The first-order valence-corrected chi connectivity index (χ1v) is 4.34. The number of anilines is 1. The van der Waals surface area contributed by atoms with Gasteiger partial charge in [0, 0.05) is 5.39 Å². The van der Waals surface area contributed by atoms with Gasteiger partial charge >= 0.3 is 0 Å². The zero-order valence-electron chi connectivity index (χ0n) is 7.49. The molecule has 0 fully saturated rings. The number of nitrogens with zero attached hydrogens (tertiary/aromatic N) is 2.